The van der Waals surface area contributed by atoms with Crippen LogP contribution in [0.25, 0.3) is 21.0 Å². The van der Waals surface area contributed by atoms with Gasteiger partial charge in [0.25, 0.3) is 5.91 Å². The number of hydrogen-bond donors (Lipinski definition) is 2. The molecule has 0 aliphatic carbocycles. The zero-order valence-electron chi connectivity index (χ0n) is 19.1. The highest BCUT2D eigenvalue weighted by Gasteiger charge is 2.24. The Kier molecular flexibility index (Phi) is 6.73. The number of nitrogens with one attached hydrogen (secondary N) is 1. The number of nitrogens with zero attached hydrogens (tertiary/aromatic N) is 1. The third-order valence-electron chi connectivity index (χ3n) is 5.66. The van der Waals surface area contributed by atoms with Gasteiger partial charge in [-0.25, -0.2) is 4.98 Å². The number of amides is 1. The molecule has 34 heavy (non-hydrogen) atoms. The van der Waals surface area contributed by atoms with Gasteiger partial charge in [0, 0.05) is 26.6 Å². The summed E-state index contributed by atoms with van der Waals surface area (Å²) >= 11 is 1.19. The average Bonchev–Trinajstić information content (AvgIpc) is 3.09. The molecule has 0 unspecified atom stereocenters. The smallest absolute Gasteiger partial charge is 0.267 e. The lowest BCUT2D eigenvalue weighted by molar-refractivity contribution is 0.0801. The standard InChI is InChI=1S/C26H24N2O4S.CH4/c1-13-22-16(14(2)29)10-11-17(15(3)30)24(22)33-23(13)25(31)28-21-12-19(26(4,5)32)18-8-6-7-9-20(18)27-21;/h6-12,32H,1-5H3,(H,27,28,31);1H4. The fourth-order valence-corrected chi connectivity index (χ4v) is 5.35. The van der Waals surface area contributed by atoms with Gasteiger partial charge in [-0.2, -0.15) is 0 Å². The molecule has 0 bridgehead atoms. The van der Waals surface area contributed by atoms with E-state index in [2.05, 4.69) is 10.3 Å². The van der Waals surface area contributed by atoms with Gasteiger partial charge >= 0.3 is 0 Å². The lowest BCUT2D eigenvalue weighted by atomic mass is 9.94. The van der Waals surface area contributed by atoms with Crippen molar-refractivity contribution in [1.29, 1.82) is 0 Å². The normalized spacial score (nSPS) is 11.4. The molecule has 0 saturated heterocycles. The van der Waals surface area contributed by atoms with Crippen molar-refractivity contribution >= 4 is 55.6 Å². The number of carbonyl (C=O) groups excluding carboxylic acids is 3. The number of ketones is 2. The molecule has 0 fully saturated rings. The van der Waals surface area contributed by atoms with E-state index in [0.29, 0.717) is 48.6 Å². The summed E-state index contributed by atoms with van der Waals surface area (Å²) in [6.45, 7) is 8.08. The predicted octanol–water partition coefficient (Wildman–Crippen LogP) is 6.28. The van der Waals surface area contributed by atoms with Crippen LogP contribution in [-0.2, 0) is 5.60 Å². The Balaban J connectivity index is 0.00000324. The Morgan fingerprint density at radius 2 is 1.62 bits per heavy atom. The molecule has 0 spiro atoms. The second-order valence-electron chi connectivity index (χ2n) is 8.62. The zero-order chi connectivity index (χ0) is 24.1. The number of para-hydroxylation sites is 1. The van der Waals surface area contributed by atoms with Crippen molar-refractivity contribution in [2.75, 3.05) is 5.32 Å². The molecule has 2 aromatic carbocycles. The molecular formula is C27H28N2O4S. The number of thiophene rings is 1. The van der Waals surface area contributed by atoms with Gasteiger partial charge in [0.05, 0.1) is 16.0 Å². The third-order valence-corrected chi connectivity index (χ3v) is 6.98. The Bertz CT molecular complexity index is 1460. The maximum Gasteiger partial charge on any atom is 0.267 e. The maximum absolute atomic E-state index is 13.3. The van der Waals surface area contributed by atoms with Crippen LogP contribution in [0.3, 0.4) is 0 Å². The van der Waals surface area contributed by atoms with Crippen LogP contribution in [0, 0.1) is 6.92 Å². The first-order chi connectivity index (χ1) is 15.5. The number of fused-ring (bicyclic) bond motifs is 2. The molecule has 0 aliphatic heterocycles. The van der Waals surface area contributed by atoms with Crippen molar-refractivity contribution in [3.8, 4) is 0 Å². The topological polar surface area (TPSA) is 96.4 Å². The number of benzene rings is 2. The summed E-state index contributed by atoms with van der Waals surface area (Å²) in [5.41, 5.74) is 1.77. The van der Waals surface area contributed by atoms with E-state index in [1.54, 1.807) is 39.0 Å². The van der Waals surface area contributed by atoms with Gasteiger partial charge in [0.2, 0.25) is 0 Å². The summed E-state index contributed by atoms with van der Waals surface area (Å²) in [5.74, 6) is -0.336. The number of hydrogen-bond acceptors (Lipinski definition) is 6. The van der Waals surface area contributed by atoms with Crippen molar-refractivity contribution < 1.29 is 19.5 Å². The van der Waals surface area contributed by atoms with E-state index in [0.717, 1.165) is 5.39 Å². The molecular weight excluding hydrogens is 448 g/mol. The molecule has 1 amide bonds. The van der Waals surface area contributed by atoms with E-state index in [4.69, 9.17) is 0 Å². The highest BCUT2D eigenvalue weighted by molar-refractivity contribution is 7.21. The van der Waals surface area contributed by atoms with Crippen LogP contribution in [0.4, 0.5) is 5.82 Å². The second-order valence-corrected chi connectivity index (χ2v) is 9.64. The largest absolute Gasteiger partial charge is 0.386 e. The van der Waals surface area contributed by atoms with Crippen LogP contribution < -0.4 is 5.32 Å². The van der Waals surface area contributed by atoms with E-state index in [1.807, 2.05) is 24.3 Å². The van der Waals surface area contributed by atoms with Crippen molar-refractivity contribution in [3.05, 3.63) is 69.6 Å². The average molecular weight is 477 g/mol. The molecule has 4 rings (SSSR count). The van der Waals surface area contributed by atoms with Gasteiger partial charge in [-0.3, -0.25) is 14.4 Å². The molecule has 0 radical (unpaired) electrons. The number of rotatable bonds is 5. The van der Waals surface area contributed by atoms with E-state index in [1.165, 1.54) is 25.2 Å². The lowest BCUT2D eigenvalue weighted by Gasteiger charge is -2.21. The fourth-order valence-electron chi connectivity index (χ4n) is 4.06. The van der Waals surface area contributed by atoms with Crippen LogP contribution >= 0.6 is 11.3 Å². The summed E-state index contributed by atoms with van der Waals surface area (Å²) in [5, 5.41) is 14.9. The number of Topliss-reactive ketones (excluding diaryl/α,β-unsaturated/α-hetero) is 2. The van der Waals surface area contributed by atoms with Gasteiger partial charge in [-0.1, -0.05) is 25.6 Å². The molecule has 176 valence electrons. The van der Waals surface area contributed by atoms with Crippen molar-refractivity contribution in [1.82, 2.24) is 4.98 Å². The number of aromatic nitrogens is 1. The van der Waals surface area contributed by atoms with Crippen LogP contribution in [0.1, 0.15) is 76.6 Å². The highest BCUT2D eigenvalue weighted by Crippen LogP contribution is 2.37. The summed E-state index contributed by atoms with van der Waals surface area (Å²) in [7, 11) is 0. The molecule has 0 atom stereocenters. The van der Waals surface area contributed by atoms with Gasteiger partial charge in [0.15, 0.2) is 11.6 Å². The van der Waals surface area contributed by atoms with Crippen LogP contribution in [0.5, 0.6) is 0 Å². The number of pyridine rings is 1. The van der Waals surface area contributed by atoms with E-state index in [9.17, 15) is 19.5 Å². The second kappa shape index (κ2) is 9.08. The minimum absolute atomic E-state index is 0. The first kappa shape index (κ1) is 25.2. The first-order valence-electron chi connectivity index (χ1n) is 10.5. The summed E-state index contributed by atoms with van der Waals surface area (Å²) in [6, 6.07) is 12.4. The van der Waals surface area contributed by atoms with Crippen LogP contribution in [-0.4, -0.2) is 27.6 Å². The zero-order valence-corrected chi connectivity index (χ0v) is 19.9. The number of aliphatic hydroxyl groups is 1. The van der Waals surface area contributed by atoms with Gasteiger partial charge < -0.3 is 10.4 Å². The molecule has 0 aliphatic rings. The van der Waals surface area contributed by atoms with Gasteiger partial charge in [0.1, 0.15) is 5.82 Å². The number of carbonyl (C=O) groups is 3. The Hall–Kier alpha value is -3.42. The molecule has 6 nitrogen and oxygen atoms in total. The molecule has 2 heterocycles. The summed E-state index contributed by atoms with van der Waals surface area (Å²) in [6.07, 6.45) is 0. The number of aryl methyl sites for hydroxylation is 1. The monoisotopic (exact) mass is 476 g/mol. The van der Waals surface area contributed by atoms with Crippen molar-refractivity contribution in [3.63, 3.8) is 0 Å². The van der Waals surface area contributed by atoms with E-state index in [-0.39, 0.29) is 24.9 Å². The SMILES string of the molecule is C.CC(=O)c1ccc(C(C)=O)c2c(C)c(C(=O)Nc3cc(C(C)(C)O)c4ccccc4n3)sc12. The van der Waals surface area contributed by atoms with Crippen LogP contribution in [0.2, 0.25) is 0 Å². The van der Waals surface area contributed by atoms with Crippen molar-refractivity contribution in [2.45, 2.75) is 47.6 Å². The molecule has 4 aromatic rings. The third kappa shape index (κ3) is 4.36. The van der Waals surface area contributed by atoms with E-state index < -0.39 is 5.60 Å². The van der Waals surface area contributed by atoms with E-state index >= 15 is 0 Å². The maximum atomic E-state index is 13.3. The fraction of sp³-hybridized carbons (Fsp3) is 0.259. The lowest BCUT2D eigenvalue weighted by Crippen LogP contribution is -2.18. The minimum Gasteiger partial charge on any atom is -0.386 e. The Labute approximate surface area is 202 Å². The summed E-state index contributed by atoms with van der Waals surface area (Å²) < 4.78 is 0.626. The molecule has 2 N–H and O–H groups in total. The molecule has 2 aromatic heterocycles. The number of anilines is 1. The van der Waals surface area contributed by atoms with Gasteiger partial charge in [-0.05, 0) is 70.0 Å². The Morgan fingerprint density at radius 1 is 1.00 bits per heavy atom. The quantitative estimate of drug-likeness (QED) is 0.331. The van der Waals surface area contributed by atoms with Crippen molar-refractivity contribution in [2.24, 2.45) is 0 Å². The highest BCUT2D eigenvalue weighted by atomic mass is 32.1. The first-order valence-corrected chi connectivity index (χ1v) is 11.3. The van der Waals surface area contributed by atoms with Crippen LogP contribution in [0.15, 0.2) is 42.5 Å². The minimum atomic E-state index is -1.14. The molecule has 0 saturated carbocycles. The molecule has 7 heteroatoms. The Morgan fingerprint density at radius 3 is 2.24 bits per heavy atom. The summed E-state index contributed by atoms with van der Waals surface area (Å²) in [4.78, 5) is 42.6. The predicted molar refractivity (Wildman–Crippen MR) is 138 cm³/mol. The van der Waals surface area contributed by atoms with Gasteiger partial charge in [-0.15, -0.1) is 11.3 Å².